The van der Waals surface area contributed by atoms with Crippen LogP contribution < -0.4 is 0 Å². The Kier molecular flexibility index (Phi) is 18.5. The predicted molar refractivity (Wildman–Crippen MR) is 449 cm³/mol. The quantitative estimate of drug-likeness (QED) is 0.116. The average molecular weight is 1350 g/mol. The number of hydrogen-bond acceptors (Lipinski definition) is 0. The van der Waals surface area contributed by atoms with E-state index < -0.39 is 0 Å². The Morgan fingerprint density at radius 1 is 0.200 bits per heavy atom. The minimum absolute atomic E-state index is 0.169. The van der Waals surface area contributed by atoms with Crippen molar-refractivity contribution in [3.63, 3.8) is 0 Å². The Labute approximate surface area is 618 Å². The van der Waals surface area contributed by atoms with Gasteiger partial charge in [-0.2, -0.15) is 0 Å². The van der Waals surface area contributed by atoms with Gasteiger partial charge in [-0.05, 0) is 206 Å². The Hall–Kier alpha value is -12.3. The molecule has 0 spiro atoms. The van der Waals surface area contributed by atoms with Crippen molar-refractivity contribution in [2.24, 2.45) is 0 Å². The number of hydrogen-bond donors (Lipinski definition) is 0. The number of rotatable bonds is 12. The van der Waals surface area contributed by atoms with E-state index in [2.05, 4.69) is 426 Å². The zero-order valence-electron chi connectivity index (χ0n) is 61.1. The van der Waals surface area contributed by atoms with Crippen molar-refractivity contribution in [3.8, 4) is 50.4 Å². The van der Waals surface area contributed by atoms with Crippen molar-refractivity contribution in [2.45, 2.75) is 78.6 Å². The van der Waals surface area contributed by atoms with E-state index in [0.29, 0.717) is 0 Å². The normalized spacial score (nSPS) is 11.7. The van der Waals surface area contributed by atoms with E-state index in [1.54, 1.807) is 0 Å². The van der Waals surface area contributed by atoms with Crippen molar-refractivity contribution in [2.75, 3.05) is 0 Å². The van der Waals surface area contributed by atoms with E-state index in [1.165, 1.54) is 166 Å². The Bertz CT molecular complexity index is 6080. The summed E-state index contributed by atoms with van der Waals surface area (Å²) in [5.74, 6) is 0. The van der Waals surface area contributed by atoms with Crippen LogP contribution in [0.5, 0.6) is 0 Å². The van der Waals surface area contributed by atoms with Gasteiger partial charge in [-0.3, -0.25) is 0 Å². The highest BCUT2D eigenvalue weighted by Crippen LogP contribution is 2.39. The fraction of sp³-hybridized carbons (Fsp3) is 0.118. The standard InChI is InChI=1S/2C35H31N.C32H25N/c1-35(2,3)29-11-9-10-26(23-29)22-25-16-18-27(19-17-25)28-20-21-34-32(24-28)31-14-7-8-15-33(31)36(34)30-12-5-4-6-13-30;1-35(2,3)29-20-15-26(16-21-29)23-25-13-17-27(18-14-25)28-19-22-34-32(24-28)31-11-7-8-12-33(31)36(34)30-9-5-4-6-10-30;1-23-8-7-9-25(20-23)21-24-14-16-26(17-15-24)27-18-19-32-30(22-27)29-12-5-6-13-31(29)33(32)28-10-3-2-4-11-28/h4-21,23-24H,22H2,1-3H3;4-22,24H,23H2,1-3H3;2-20,22H,21H2,1H3. The van der Waals surface area contributed by atoms with Gasteiger partial charge in [0.15, 0.2) is 0 Å². The maximum absolute atomic E-state index is 2.36. The fourth-order valence-electron chi connectivity index (χ4n) is 15.3. The zero-order valence-corrected chi connectivity index (χ0v) is 61.1. The lowest BCUT2D eigenvalue weighted by Gasteiger charge is -2.19. The van der Waals surface area contributed by atoms with Gasteiger partial charge in [-0.25, -0.2) is 0 Å². The van der Waals surface area contributed by atoms with Crippen LogP contribution in [-0.4, -0.2) is 13.7 Å². The zero-order chi connectivity index (χ0) is 71.6. The molecule has 0 saturated heterocycles. The highest BCUT2D eigenvalue weighted by Gasteiger charge is 2.19. The second kappa shape index (κ2) is 28.9. The molecule has 18 rings (SSSR count). The second-order valence-electron chi connectivity index (χ2n) is 30.3. The summed E-state index contributed by atoms with van der Waals surface area (Å²) in [6, 6.07) is 133. The SMILES string of the molecule is CC(C)(C)c1ccc(Cc2ccc(-c3ccc4c(c3)c3ccccc3n4-c3ccccc3)cc2)cc1.CC(C)(C)c1cccc(Cc2ccc(-c3ccc4c(c3)c3ccccc3n4-c3ccccc3)cc2)c1.Cc1cccc(Cc2ccc(-c3ccc4c(c3)c3ccccc3n4-c3ccccc3)cc2)c1. The van der Waals surface area contributed by atoms with Crippen LogP contribution in [-0.2, 0) is 30.1 Å². The number of aryl methyl sites for hydroxylation is 1. The minimum Gasteiger partial charge on any atom is -0.309 e. The van der Waals surface area contributed by atoms with Gasteiger partial charge in [0.2, 0.25) is 0 Å². The van der Waals surface area contributed by atoms with Gasteiger partial charge < -0.3 is 13.7 Å². The molecule has 0 saturated carbocycles. The third-order valence-corrected chi connectivity index (χ3v) is 20.8. The van der Waals surface area contributed by atoms with Gasteiger partial charge in [0.1, 0.15) is 0 Å². The lowest BCUT2D eigenvalue weighted by molar-refractivity contribution is 0.589. The Morgan fingerprint density at radius 3 is 0.829 bits per heavy atom. The monoisotopic (exact) mass is 1350 g/mol. The highest BCUT2D eigenvalue weighted by atomic mass is 15.0. The molecule has 0 aliphatic carbocycles. The van der Waals surface area contributed by atoms with Crippen LogP contribution in [0.4, 0.5) is 0 Å². The molecular weight excluding hydrogens is 1270 g/mol. The number of benzene rings is 15. The van der Waals surface area contributed by atoms with Crippen LogP contribution in [0.2, 0.25) is 0 Å². The van der Waals surface area contributed by atoms with Crippen LogP contribution >= 0.6 is 0 Å². The smallest absolute Gasteiger partial charge is 0.0541 e. The van der Waals surface area contributed by atoms with Crippen LogP contribution in [0.25, 0.3) is 116 Å². The summed E-state index contributed by atoms with van der Waals surface area (Å²) in [6.07, 6.45) is 2.87. The Morgan fingerprint density at radius 2 is 0.486 bits per heavy atom. The largest absolute Gasteiger partial charge is 0.309 e. The third kappa shape index (κ3) is 14.2. The van der Waals surface area contributed by atoms with Gasteiger partial charge in [0.05, 0.1) is 33.1 Å². The molecule has 0 radical (unpaired) electrons. The molecule has 0 unspecified atom stereocenters. The first-order valence-electron chi connectivity index (χ1n) is 37.0. The van der Waals surface area contributed by atoms with Gasteiger partial charge in [0, 0.05) is 49.4 Å². The predicted octanol–water partition coefficient (Wildman–Crippen LogP) is 27.0. The summed E-state index contributed by atoms with van der Waals surface area (Å²) in [5.41, 5.74) is 31.0. The highest BCUT2D eigenvalue weighted by molar-refractivity contribution is 6.13. The first-order valence-corrected chi connectivity index (χ1v) is 37.0. The first kappa shape index (κ1) is 67.2. The maximum Gasteiger partial charge on any atom is 0.0541 e. The summed E-state index contributed by atoms with van der Waals surface area (Å²) < 4.78 is 7.09. The van der Waals surface area contributed by atoms with E-state index in [4.69, 9.17) is 0 Å². The molecule has 3 aromatic heterocycles. The van der Waals surface area contributed by atoms with Gasteiger partial charge >= 0.3 is 0 Å². The molecular formula is C102H87N3. The summed E-state index contributed by atoms with van der Waals surface area (Å²) in [6.45, 7) is 15.8. The summed E-state index contributed by atoms with van der Waals surface area (Å²) in [4.78, 5) is 0. The van der Waals surface area contributed by atoms with Crippen LogP contribution in [0.3, 0.4) is 0 Å². The van der Waals surface area contributed by atoms with Crippen molar-refractivity contribution in [1.82, 2.24) is 13.7 Å². The summed E-state index contributed by atoms with van der Waals surface area (Å²) in [7, 11) is 0. The molecule has 0 fully saturated rings. The minimum atomic E-state index is 0.169. The molecule has 510 valence electrons. The van der Waals surface area contributed by atoms with E-state index in [-0.39, 0.29) is 10.8 Å². The van der Waals surface area contributed by atoms with Gasteiger partial charge in [0.25, 0.3) is 0 Å². The van der Waals surface area contributed by atoms with E-state index in [1.807, 2.05) is 0 Å². The molecule has 0 aliphatic rings. The van der Waals surface area contributed by atoms with Gasteiger partial charge in [-0.1, -0.05) is 320 Å². The first-order chi connectivity index (χ1) is 51.2. The lowest BCUT2D eigenvalue weighted by Crippen LogP contribution is -2.11. The summed E-state index contributed by atoms with van der Waals surface area (Å²) >= 11 is 0. The van der Waals surface area contributed by atoms with Gasteiger partial charge in [-0.15, -0.1) is 0 Å². The van der Waals surface area contributed by atoms with Crippen LogP contribution in [0, 0.1) is 6.92 Å². The number of aromatic nitrogens is 3. The van der Waals surface area contributed by atoms with Crippen molar-refractivity contribution >= 4 is 65.4 Å². The lowest BCUT2D eigenvalue weighted by atomic mass is 9.85. The molecule has 0 amide bonds. The van der Waals surface area contributed by atoms with E-state index >= 15 is 0 Å². The molecule has 3 nitrogen and oxygen atoms in total. The third-order valence-electron chi connectivity index (χ3n) is 20.8. The number of nitrogens with zero attached hydrogens (tertiary/aromatic N) is 3. The van der Waals surface area contributed by atoms with Crippen molar-refractivity contribution in [1.29, 1.82) is 0 Å². The number of fused-ring (bicyclic) bond motifs is 9. The average Bonchev–Trinajstić information content (AvgIpc) is 1.61. The molecule has 3 heteroatoms. The van der Waals surface area contributed by atoms with E-state index in [9.17, 15) is 0 Å². The molecule has 3 heterocycles. The number of para-hydroxylation sites is 6. The van der Waals surface area contributed by atoms with E-state index in [0.717, 1.165) is 19.3 Å². The van der Waals surface area contributed by atoms with Crippen LogP contribution in [0.15, 0.2) is 364 Å². The van der Waals surface area contributed by atoms with Crippen molar-refractivity contribution < 1.29 is 0 Å². The fourth-order valence-corrected chi connectivity index (χ4v) is 15.3. The topological polar surface area (TPSA) is 14.8 Å². The molecule has 15 aromatic carbocycles. The maximum atomic E-state index is 2.36. The molecule has 0 aliphatic heterocycles. The molecule has 0 atom stereocenters. The second-order valence-corrected chi connectivity index (χ2v) is 30.3. The van der Waals surface area contributed by atoms with Crippen molar-refractivity contribution in [3.05, 3.63) is 414 Å². The summed E-state index contributed by atoms with van der Waals surface area (Å²) in [5, 5.41) is 7.72. The Balaban J connectivity index is 0.000000121. The molecule has 105 heavy (non-hydrogen) atoms. The molecule has 0 N–H and O–H groups in total. The van der Waals surface area contributed by atoms with Crippen LogP contribution in [0.1, 0.15) is 91.6 Å². The molecule has 0 bridgehead atoms. The molecule has 18 aromatic rings.